The number of carboxylic acid groups (broad SMARTS) is 1. The van der Waals surface area contributed by atoms with Crippen molar-refractivity contribution in [2.75, 3.05) is 6.61 Å². The van der Waals surface area contributed by atoms with Crippen molar-refractivity contribution in [2.24, 2.45) is 0 Å². The summed E-state index contributed by atoms with van der Waals surface area (Å²) in [4.78, 5) is 11.3. The van der Waals surface area contributed by atoms with Crippen LogP contribution in [0.3, 0.4) is 0 Å². The molecular weight excluding hydrogens is 296 g/mol. The Balaban J connectivity index is 1.81. The van der Waals surface area contributed by atoms with Gasteiger partial charge in [0, 0.05) is 0 Å². The molecule has 0 saturated heterocycles. The monoisotopic (exact) mass is 316 g/mol. The number of carbonyl (C=O) groups is 1. The third-order valence-corrected chi connectivity index (χ3v) is 3.27. The molecule has 0 radical (unpaired) electrons. The van der Waals surface area contributed by atoms with Gasteiger partial charge < -0.3 is 19.7 Å². The molecule has 2 rings (SSSR count). The van der Waals surface area contributed by atoms with Crippen molar-refractivity contribution in [2.45, 2.75) is 25.4 Å². The number of aliphatic hydroxyl groups is 1. The van der Waals surface area contributed by atoms with Crippen LogP contribution in [-0.2, 0) is 27.5 Å². The molecule has 0 saturated carbocycles. The molecule has 2 atom stereocenters. The smallest absolute Gasteiger partial charge is 0.335 e. The maximum atomic E-state index is 11.3. The summed E-state index contributed by atoms with van der Waals surface area (Å²) in [6, 6.07) is 18.7. The average Bonchev–Trinajstić information content (AvgIpc) is 2.56. The highest BCUT2D eigenvalue weighted by Gasteiger charge is 2.27. The van der Waals surface area contributed by atoms with Gasteiger partial charge in [-0.15, -0.1) is 0 Å². The van der Waals surface area contributed by atoms with Crippen LogP contribution < -0.4 is 0 Å². The molecule has 0 aliphatic carbocycles. The molecule has 5 heteroatoms. The van der Waals surface area contributed by atoms with E-state index < -0.39 is 18.2 Å². The minimum atomic E-state index is -1.33. The molecule has 5 nitrogen and oxygen atoms in total. The van der Waals surface area contributed by atoms with Gasteiger partial charge in [0.15, 0.2) is 6.10 Å². The van der Waals surface area contributed by atoms with E-state index in [0.29, 0.717) is 6.61 Å². The van der Waals surface area contributed by atoms with Crippen LogP contribution in [0.5, 0.6) is 0 Å². The van der Waals surface area contributed by atoms with Gasteiger partial charge in [0.2, 0.25) is 0 Å². The first-order chi connectivity index (χ1) is 11.2. The molecule has 0 aliphatic heterocycles. The average molecular weight is 316 g/mol. The van der Waals surface area contributed by atoms with Crippen LogP contribution in [0.4, 0.5) is 0 Å². The Morgan fingerprint density at radius 2 is 1.43 bits per heavy atom. The molecule has 0 fully saturated rings. The molecule has 0 spiro atoms. The van der Waals surface area contributed by atoms with Gasteiger partial charge in [0.25, 0.3) is 0 Å². The molecule has 2 N–H and O–H groups in total. The van der Waals surface area contributed by atoms with Crippen molar-refractivity contribution in [3.63, 3.8) is 0 Å². The van der Waals surface area contributed by atoms with Crippen molar-refractivity contribution in [3.8, 4) is 0 Å². The Labute approximate surface area is 135 Å². The first-order valence-corrected chi connectivity index (χ1v) is 7.35. The minimum Gasteiger partial charge on any atom is -0.479 e. The Kier molecular flexibility index (Phi) is 6.75. The van der Waals surface area contributed by atoms with Gasteiger partial charge in [-0.2, -0.15) is 0 Å². The molecule has 0 unspecified atom stereocenters. The van der Waals surface area contributed by atoms with Crippen LogP contribution in [0.2, 0.25) is 0 Å². The standard InChI is InChI=1S/C18H20O5/c19-16(13-22-11-14-7-3-1-4-8-14)17(18(20)21)23-12-15-9-5-2-6-10-15/h1-10,16-17,19H,11-13H2,(H,20,21)/t16-,17-/m1/s1. The summed E-state index contributed by atoms with van der Waals surface area (Å²) in [5.41, 5.74) is 1.80. The van der Waals surface area contributed by atoms with Gasteiger partial charge in [-0.1, -0.05) is 60.7 Å². The molecule has 0 aromatic heterocycles. The number of rotatable bonds is 9. The lowest BCUT2D eigenvalue weighted by Gasteiger charge is -2.19. The van der Waals surface area contributed by atoms with E-state index in [4.69, 9.17) is 9.47 Å². The zero-order valence-corrected chi connectivity index (χ0v) is 12.7. The molecule has 0 heterocycles. The van der Waals surface area contributed by atoms with E-state index in [1.165, 1.54) is 0 Å². The Morgan fingerprint density at radius 1 is 0.913 bits per heavy atom. The van der Waals surface area contributed by atoms with Gasteiger partial charge in [0.1, 0.15) is 6.10 Å². The van der Waals surface area contributed by atoms with Gasteiger partial charge >= 0.3 is 5.97 Å². The van der Waals surface area contributed by atoms with Crippen LogP contribution in [0.15, 0.2) is 60.7 Å². The summed E-state index contributed by atoms with van der Waals surface area (Å²) >= 11 is 0. The first kappa shape index (κ1) is 17.1. The second kappa shape index (κ2) is 9.05. The van der Waals surface area contributed by atoms with E-state index in [-0.39, 0.29) is 13.2 Å². The Hall–Kier alpha value is -2.21. The highest BCUT2D eigenvalue weighted by molar-refractivity contribution is 5.73. The molecule has 0 bridgehead atoms. The molecule has 2 aromatic carbocycles. The van der Waals surface area contributed by atoms with Crippen molar-refractivity contribution in [1.29, 1.82) is 0 Å². The van der Waals surface area contributed by atoms with E-state index in [1.807, 2.05) is 60.7 Å². The van der Waals surface area contributed by atoms with E-state index in [2.05, 4.69) is 0 Å². The molecule has 23 heavy (non-hydrogen) atoms. The SMILES string of the molecule is O=C(O)[C@H](OCc1ccccc1)[C@H](O)COCc1ccccc1. The predicted octanol–water partition coefficient (Wildman–Crippen LogP) is 2.23. The Bertz CT molecular complexity index is 585. The van der Waals surface area contributed by atoms with Gasteiger partial charge in [-0.05, 0) is 11.1 Å². The summed E-state index contributed by atoms with van der Waals surface area (Å²) in [5, 5.41) is 19.2. The van der Waals surface area contributed by atoms with Crippen LogP contribution in [-0.4, -0.2) is 35.0 Å². The molecule has 2 aromatic rings. The number of aliphatic carboxylic acids is 1. The highest BCUT2D eigenvalue weighted by Crippen LogP contribution is 2.09. The molecule has 122 valence electrons. The zero-order chi connectivity index (χ0) is 16.5. The van der Waals surface area contributed by atoms with Crippen molar-refractivity contribution >= 4 is 5.97 Å². The number of hydrogen-bond acceptors (Lipinski definition) is 4. The number of hydrogen-bond donors (Lipinski definition) is 2. The van der Waals surface area contributed by atoms with Gasteiger partial charge in [0.05, 0.1) is 19.8 Å². The fourth-order valence-electron chi connectivity index (χ4n) is 2.07. The van der Waals surface area contributed by atoms with Crippen LogP contribution >= 0.6 is 0 Å². The number of ether oxygens (including phenoxy) is 2. The van der Waals surface area contributed by atoms with E-state index in [0.717, 1.165) is 11.1 Å². The lowest BCUT2D eigenvalue weighted by atomic mass is 10.2. The van der Waals surface area contributed by atoms with Gasteiger partial charge in [-0.25, -0.2) is 4.79 Å². The van der Waals surface area contributed by atoms with Crippen LogP contribution in [0.25, 0.3) is 0 Å². The van der Waals surface area contributed by atoms with Gasteiger partial charge in [-0.3, -0.25) is 0 Å². The molecule has 0 aliphatic rings. The van der Waals surface area contributed by atoms with E-state index >= 15 is 0 Å². The summed E-state index contributed by atoms with van der Waals surface area (Å²) in [6.45, 7) is 0.317. The summed E-state index contributed by atoms with van der Waals surface area (Å²) in [5.74, 6) is -1.21. The Morgan fingerprint density at radius 3 is 1.96 bits per heavy atom. The maximum Gasteiger partial charge on any atom is 0.335 e. The zero-order valence-electron chi connectivity index (χ0n) is 12.7. The fraction of sp³-hybridized carbons (Fsp3) is 0.278. The number of benzene rings is 2. The van der Waals surface area contributed by atoms with Crippen molar-refractivity contribution < 1.29 is 24.5 Å². The lowest BCUT2D eigenvalue weighted by molar-refractivity contribution is -0.163. The summed E-state index contributed by atoms with van der Waals surface area (Å²) < 4.78 is 10.7. The van der Waals surface area contributed by atoms with Crippen molar-refractivity contribution in [1.82, 2.24) is 0 Å². The second-order valence-electron chi connectivity index (χ2n) is 5.12. The second-order valence-corrected chi connectivity index (χ2v) is 5.12. The minimum absolute atomic E-state index is 0.110. The lowest BCUT2D eigenvalue weighted by Crippen LogP contribution is -2.39. The third-order valence-electron chi connectivity index (χ3n) is 3.27. The third kappa shape index (κ3) is 5.83. The van der Waals surface area contributed by atoms with E-state index in [1.54, 1.807) is 0 Å². The number of aliphatic hydroxyl groups excluding tert-OH is 1. The van der Waals surface area contributed by atoms with Crippen LogP contribution in [0, 0.1) is 0 Å². The summed E-state index contributed by atoms with van der Waals surface area (Å²) in [7, 11) is 0. The fourth-order valence-corrected chi connectivity index (χ4v) is 2.07. The normalized spacial score (nSPS) is 13.4. The molecule has 0 amide bonds. The van der Waals surface area contributed by atoms with Crippen LogP contribution in [0.1, 0.15) is 11.1 Å². The van der Waals surface area contributed by atoms with Crippen molar-refractivity contribution in [3.05, 3.63) is 71.8 Å². The highest BCUT2D eigenvalue weighted by atomic mass is 16.5. The maximum absolute atomic E-state index is 11.3. The number of carboxylic acids is 1. The molecular formula is C18H20O5. The quantitative estimate of drug-likeness (QED) is 0.742. The topological polar surface area (TPSA) is 76.0 Å². The largest absolute Gasteiger partial charge is 0.479 e. The van der Waals surface area contributed by atoms with E-state index in [9.17, 15) is 15.0 Å². The summed E-state index contributed by atoms with van der Waals surface area (Å²) in [6.07, 6.45) is -2.56. The predicted molar refractivity (Wildman–Crippen MR) is 84.8 cm³/mol. The first-order valence-electron chi connectivity index (χ1n) is 7.35.